The molecule has 0 saturated heterocycles. The Kier molecular flexibility index (Phi) is 5.33. The maximum Gasteiger partial charge on any atom is 0.224 e. The van der Waals surface area contributed by atoms with E-state index < -0.39 is 0 Å². The Balaban J connectivity index is 2.06. The van der Waals surface area contributed by atoms with E-state index in [0.717, 1.165) is 28.5 Å². The zero-order valence-electron chi connectivity index (χ0n) is 12.6. The number of benzene rings is 1. The molecule has 112 valence electrons. The van der Waals surface area contributed by atoms with Crippen LogP contribution in [0.5, 0.6) is 0 Å². The van der Waals surface area contributed by atoms with E-state index >= 15 is 0 Å². The topological polar surface area (TPSA) is 54.0 Å². The van der Waals surface area contributed by atoms with Crippen molar-refractivity contribution >= 4 is 28.1 Å². The highest BCUT2D eigenvalue weighted by atomic mass is 32.1. The van der Waals surface area contributed by atoms with Gasteiger partial charge < -0.3 is 10.6 Å². The molecule has 1 amide bonds. The number of anilines is 2. The first-order valence-corrected chi connectivity index (χ1v) is 8.12. The maximum atomic E-state index is 11.3. The molecule has 0 fully saturated rings. The maximum absolute atomic E-state index is 11.3. The van der Waals surface area contributed by atoms with Gasteiger partial charge in [-0.2, -0.15) is 0 Å². The molecule has 0 aliphatic rings. The van der Waals surface area contributed by atoms with Gasteiger partial charge in [-0.1, -0.05) is 26.0 Å². The first kappa shape index (κ1) is 15.5. The summed E-state index contributed by atoms with van der Waals surface area (Å²) in [7, 11) is 0. The van der Waals surface area contributed by atoms with Crippen LogP contribution in [0.1, 0.15) is 33.6 Å². The first-order valence-electron chi connectivity index (χ1n) is 7.24. The lowest BCUT2D eigenvalue weighted by atomic mass is 10.1. The smallest absolute Gasteiger partial charge is 0.224 e. The Morgan fingerprint density at radius 2 is 2.00 bits per heavy atom. The summed E-state index contributed by atoms with van der Waals surface area (Å²) in [5.74, 6) is 0.0245. The number of rotatable bonds is 6. The lowest BCUT2D eigenvalue weighted by Gasteiger charge is -2.08. The van der Waals surface area contributed by atoms with E-state index in [1.54, 1.807) is 11.3 Å². The number of hydrogen-bond acceptors (Lipinski definition) is 4. The Bertz CT molecular complexity index is 592. The molecule has 0 unspecified atom stereocenters. The van der Waals surface area contributed by atoms with Crippen molar-refractivity contribution in [2.45, 2.75) is 39.7 Å². The summed E-state index contributed by atoms with van der Waals surface area (Å²) in [6, 6.07) is 8.20. The van der Waals surface area contributed by atoms with E-state index in [4.69, 9.17) is 0 Å². The van der Waals surface area contributed by atoms with Gasteiger partial charge in [0.1, 0.15) is 0 Å². The summed E-state index contributed by atoms with van der Waals surface area (Å²) in [5, 5.41) is 9.21. The summed E-state index contributed by atoms with van der Waals surface area (Å²) in [6.45, 7) is 6.13. The molecule has 0 spiro atoms. The van der Waals surface area contributed by atoms with Crippen molar-refractivity contribution in [2.24, 2.45) is 0 Å². The van der Waals surface area contributed by atoms with Crippen molar-refractivity contribution in [3.63, 3.8) is 0 Å². The molecule has 1 heterocycles. The lowest BCUT2D eigenvalue weighted by Crippen LogP contribution is -2.12. The SMILES string of the molecule is CCC(=O)Nc1ccc(-c2csc(N[C@@H](C)CC)n2)cc1. The second kappa shape index (κ2) is 7.22. The van der Waals surface area contributed by atoms with Gasteiger partial charge in [0, 0.05) is 29.1 Å². The summed E-state index contributed by atoms with van der Waals surface area (Å²) in [4.78, 5) is 15.9. The number of carbonyl (C=O) groups is 1. The predicted molar refractivity (Wildman–Crippen MR) is 89.8 cm³/mol. The second-order valence-electron chi connectivity index (χ2n) is 4.97. The molecule has 21 heavy (non-hydrogen) atoms. The van der Waals surface area contributed by atoms with Crippen molar-refractivity contribution in [3.05, 3.63) is 29.6 Å². The van der Waals surface area contributed by atoms with Crippen LogP contribution in [0.25, 0.3) is 11.3 Å². The van der Waals surface area contributed by atoms with Crippen LogP contribution in [0, 0.1) is 0 Å². The molecule has 0 saturated carbocycles. The Morgan fingerprint density at radius 1 is 1.29 bits per heavy atom. The minimum Gasteiger partial charge on any atom is -0.359 e. The Hall–Kier alpha value is -1.88. The van der Waals surface area contributed by atoms with Crippen LogP contribution in [0.2, 0.25) is 0 Å². The van der Waals surface area contributed by atoms with Crippen LogP contribution in [0.15, 0.2) is 29.6 Å². The zero-order chi connectivity index (χ0) is 15.2. The second-order valence-corrected chi connectivity index (χ2v) is 5.83. The summed E-state index contributed by atoms with van der Waals surface area (Å²) < 4.78 is 0. The fourth-order valence-corrected chi connectivity index (χ4v) is 2.59. The van der Waals surface area contributed by atoms with Gasteiger partial charge in [-0.25, -0.2) is 4.98 Å². The highest BCUT2D eigenvalue weighted by Gasteiger charge is 2.07. The number of thiazole rings is 1. The van der Waals surface area contributed by atoms with Crippen LogP contribution in [-0.2, 0) is 4.79 Å². The van der Waals surface area contributed by atoms with E-state index in [-0.39, 0.29) is 5.91 Å². The number of hydrogen-bond donors (Lipinski definition) is 2. The van der Waals surface area contributed by atoms with Crippen LogP contribution in [-0.4, -0.2) is 16.9 Å². The van der Waals surface area contributed by atoms with Gasteiger partial charge in [0.15, 0.2) is 5.13 Å². The Labute approximate surface area is 129 Å². The third-order valence-electron chi connectivity index (χ3n) is 3.27. The third kappa shape index (κ3) is 4.29. The average Bonchev–Trinajstić information content (AvgIpc) is 2.96. The first-order chi connectivity index (χ1) is 10.1. The molecule has 0 bridgehead atoms. The molecule has 0 aliphatic carbocycles. The minimum atomic E-state index is 0.0245. The average molecular weight is 303 g/mol. The van der Waals surface area contributed by atoms with Gasteiger partial charge in [0.25, 0.3) is 0 Å². The number of aromatic nitrogens is 1. The van der Waals surface area contributed by atoms with Crippen molar-refractivity contribution in [1.82, 2.24) is 4.98 Å². The fourth-order valence-electron chi connectivity index (χ4n) is 1.76. The summed E-state index contributed by atoms with van der Waals surface area (Å²) in [6.07, 6.45) is 1.55. The minimum absolute atomic E-state index is 0.0245. The van der Waals surface area contributed by atoms with Crippen molar-refractivity contribution in [1.29, 1.82) is 0 Å². The lowest BCUT2D eigenvalue weighted by molar-refractivity contribution is -0.115. The standard InChI is InChI=1S/C16H21N3OS/c1-4-11(3)17-16-19-14(10-21-16)12-6-8-13(9-7-12)18-15(20)5-2/h6-11H,4-5H2,1-3H3,(H,17,19)(H,18,20)/t11-/m0/s1. The van der Waals surface area contributed by atoms with E-state index in [1.165, 1.54) is 0 Å². The highest BCUT2D eigenvalue weighted by Crippen LogP contribution is 2.26. The molecule has 1 atom stereocenters. The molecule has 2 rings (SSSR count). The number of carbonyl (C=O) groups excluding carboxylic acids is 1. The number of amides is 1. The Morgan fingerprint density at radius 3 is 2.62 bits per heavy atom. The van der Waals surface area contributed by atoms with Gasteiger partial charge in [0.2, 0.25) is 5.91 Å². The summed E-state index contributed by atoms with van der Waals surface area (Å²) in [5.41, 5.74) is 2.83. The van der Waals surface area contributed by atoms with E-state index in [9.17, 15) is 4.79 Å². The molecular formula is C16H21N3OS. The third-order valence-corrected chi connectivity index (χ3v) is 4.05. The fraction of sp³-hybridized carbons (Fsp3) is 0.375. The van der Waals surface area contributed by atoms with Crippen LogP contribution >= 0.6 is 11.3 Å². The van der Waals surface area contributed by atoms with Crippen molar-refractivity contribution in [3.8, 4) is 11.3 Å². The quantitative estimate of drug-likeness (QED) is 0.833. The van der Waals surface area contributed by atoms with Gasteiger partial charge >= 0.3 is 0 Å². The van der Waals surface area contributed by atoms with Gasteiger partial charge in [-0.05, 0) is 25.5 Å². The van der Waals surface area contributed by atoms with Crippen molar-refractivity contribution in [2.75, 3.05) is 10.6 Å². The van der Waals surface area contributed by atoms with Crippen LogP contribution in [0.3, 0.4) is 0 Å². The molecule has 1 aromatic carbocycles. The van der Waals surface area contributed by atoms with Gasteiger partial charge in [0.05, 0.1) is 5.69 Å². The molecule has 2 aromatic rings. The highest BCUT2D eigenvalue weighted by molar-refractivity contribution is 7.14. The van der Waals surface area contributed by atoms with Crippen LogP contribution in [0.4, 0.5) is 10.8 Å². The molecular weight excluding hydrogens is 282 g/mol. The molecule has 0 radical (unpaired) electrons. The molecule has 2 N–H and O–H groups in total. The van der Waals surface area contributed by atoms with Crippen molar-refractivity contribution < 1.29 is 4.79 Å². The van der Waals surface area contributed by atoms with E-state index in [2.05, 4.69) is 29.5 Å². The van der Waals surface area contributed by atoms with E-state index in [0.29, 0.717) is 12.5 Å². The number of nitrogens with zero attached hydrogens (tertiary/aromatic N) is 1. The molecule has 1 aromatic heterocycles. The molecule has 5 heteroatoms. The normalized spacial score (nSPS) is 12.0. The molecule has 4 nitrogen and oxygen atoms in total. The van der Waals surface area contributed by atoms with E-state index in [1.807, 2.05) is 36.6 Å². The van der Waals surface area contributed by atoms with Gasteiger partial charge in [-0.15, -0.1) is 11.3 Å². The molecule has 0 aliphatic heterocycles. The summed E-state index contributed by atoms with van der Waals surface area (Å²) >= 11 is 1.61. The zero-order valence-corrected chi connectivity index (χ0v) is 13.5. The van der Waals surface area contributed by atoms with Crippen LogP contribution < -0.4 is 10.6 Å². The predicted octanol–water partition coefficient (Wildman–Crippen LogP) is 4.37. The number of nitrogens with one attached hydrogen (secondary N) is 2. The largest absolute Gasteiger partial charge is 0.359 e. The monoisotopic (exact) mass is 303 g/mol. The van der Waals surface area contributed by atoms with Gasteiger partial charge in [-0.3, -0.25) is 4.79 Å².